The number of aromatic nitrogens is 11. The van der Waals surface area contributed by atoms with E-state index in [1.807, 2.05) is 24.0 Å². The van der Waals surface area contributed by atoms with E-state index < -0.39 is 38.9 Å². The van der Waals surface area contributed by atoms with Gasteiger partial charge in [-0.2, -0.15) is 23.3 Å². The Bertz CT molecular complexity index is 3220. The molecule has 2 saturated carbocycles. The van der Waals surface area contributed by atoms with Gasteiger partial charge < -0.3 is 19.1 Å². The molecule has 1 aliphatic heterocycles. The lowest BCUT2D eigenvalue weighted by Crippen LogP contribution is -2.58. The number of piperazine rings is 1. The average molecular weight is 1030 g/mol. The van der Waals surface area contributed by atoms with Crippen molar-refractivity contribution in [3.8, 4) is 33.8 Å². The van der Waals surface area contributed by atoms with Crippen molar-refractivity contribution >= 4 is 43.9 Å². The van der Waals surface area contributed by atoms with Gasteiger partial charge in [-0.25, -0.2) is 51.5 Å². The number of nitrogens with zero attached hydrogens (tertiary/aromatic N) is 14. The Balaban J connectivity index is 0.949. The lowest BCUT2D eigenvalue weighted by Gasteiger charge is -2.46. The first kappa shape index (κ1) is 49.3. The van der Waals surface area contributed by atoms with Crippen LogP contribution in [0.1, 0.15) is 101 Å². The van der Waals surface area contributed by atoms with Crippen LogP contribution < -0.4 is 19.3 Å². The summed E-state index contributed by atoms with van der Waals surface area (Å²) in [6.07, 6.45) is 1.47. The van der Waals surface area contributed by atoms with Crippen molar-refractivity contribution in [1.82, 2.24) is 64.1 Å². The molecule has 10 rings (SSSR count). The predicted molar refractivity (Wildman–Crippen MR) is 259 cm³/mol. The summed E-state index contributed by atoms with van der Waals surface area (Å²) in [5, 5.41) is 12.3. The van der Waals surface area contributed by atoms with Crippen LogP contribution in [0.4, 0.5) is 33.6 Å². The molecule has 0 bridgehead atoms. The Morgan fingerprint density at radius 2 is 1.69 bits per heavy atom. The Morgan fingerprint density at radius 1 is 0.972 bits per heavy atom. The van der Waals surface area contributed by atoms with E-state index in [-0.39, 0.29) is 39.9 Å². The van der Waals surface area contributed by atoms with Crippen molar-refractivity contribution in [2.45, 2.75) is 114 Å². The summed E-state index contributed by atoms with van der Waals surface area (Å²) in [7, 11) is -2.48. The normalized spacial score (nSPS) is 18.4. The third-order valence-corrected chi connectivity index (χ3v) is 16.0. The predicted octanol–water partition coefficient (Wildman–Crippen LogP) is 8.24. The maximum absolute atomic E-state index is 14.0. The maximum Gasteiger partial charge on any atom is 0.434 e. The van der Waals surface area contributed by atoms with Crippen LogP contribution in [0.15, 0.2) is 66.3 Å². The average Bonchev–Trinajstić information content (AvgIpc) is 4.11. The van der Waals surface area contributed by atoms with Crippen molar-refractivity contribution in [2.75, 3.05) is 43.1 Å². The summed E-state index contributed by atoms with van der Waals surface area (Å²) < 4.78 is 108. The van der Waals surface area contributed by atoms with Crippen LogP contribution >= 0.6 is 11.3 Å². The summed E-state index contributed by atoms with van der Waals surface area (Å²) in [6, 6.07) is 9.99. The van der Waals surface area contributed by atoms with Crippen LogP contribution in [0.3, 0.4) is 0 Å². The first-order chi connectivity index (χ1) is 34.3. The zero-order chi connectivity index (χ0) is 50.9. The number of hydrogen-bond acceptors (Lipinski definition) is 16. The number of hydrogen-bond donors (Lipinski definition) is 1. The molecule has 1 saturated heterocycles. The van der Waals surface area contributed by atoms with Gasteiger partial charge in [-0.15, -0.1) is 10.2 Å². The van der Waals surface area contributed by atoms with Crippen molar-refractivity contribution in [2.24, 2.45) is 0 Å². The number of anilines is 2. The molecular weight excluding hydrogens is 982 g/mol. The van der Waals surface area contributed by atoms with Crippen LogP contribution in [0.5, 0.6) is 5.88 Å². The number of alkyl halides is 5. The summed E-state index contributed by atoms with van der Waals surface area (Å²) in [4.78, 5) is 33.7. The lowest BCUT2D eigenvalue weighted by atomic mass is 10.1. The highest BCUT2D eigenvalue weighted by molar-refractivity contribution is 7.89. The van der Waals surface area contributed by atoms with Gasteiger partial charge in [0.25, 0.3) is 6.43 Å². The molecule has 0 spiro atoms. The smallest absolute Gasteiger partial charge is 0.434 e. The first-order valence-corrected chi connectivity index (χ1v) is 25.9. The molecule has 0 unspecified atom stereocenters. The monoisotopic (exact) mass is 1030 g/mol. The fraction of sp³-hybridized carbons (Fsp3) is 0.468. The number of ether oxygens (including phenoxy) is 1. The molecular formula is C47H52F5N15O3S2. The second kappa shape index (κ2) is 18.9. The highest BCUT2D eigenvalue weighted by Crippen LogP contribution is 2.45. The Labute approximate surface area is 415 Å². The molecule has 6 heterocycles. The van der Waals surface area contributed by atoms with Crippen molar-refractivity contribution < 1.29 is 35.1 Å². The largest absolute Gasteiger partial charge is 0.480 e. The highest BCUT2D eigenvalue weighted by atomic mass is 32.2. The van der Waals surface area contributed by atoms with E-state index >= 15 is 0 Å². The molecule has 0 amide bonds. The van der Waals surface area contributed by atoms with E-state index in [2.05, 4.69) is 68.6 Å². The number of methoxy groups -OCH3 is 1. The van der Waals surface area contributed by atoms with Gasteiger partial charge in [0.2, 0.25) is 27.0 Å². The van der Waals surface area contributed by atoms with E-state index in [0.29, 0.717) is 102 Å². The number of nitrogens with one attached hydrogen (secondary N) is 1. The van der Waals surface area contributed by atoms with Crippen LogP contribution in [0.25, 0.3) is 38.8 Å². The highest BCUT2D eigenvalue weighted by Gasteiger charge is 2.42. The quantitative estimate of drug-likeness (QED) is 0.0858. The minimum absolute atomic E-state index is 0.0155. The summed E-state index contributed by atoms with van der Waals surface area (Å²) in [5.41, 5.74) is 2.27. The first-order valence-electron chi connectivity index (χ1n) is 23.6. The molecule has 1 N–H and O–H groups in total. The number of benzene rings is 2. The second-order valence-corrected chi connectivity index (χ2v) is 21.9. The van der Waals surface area contributed by atoms with Gasteiger partial charge in [0.15, 0.2) is 16.5 Å². The van der Waals surface area contributed by atoms with Gasteiger partial charge in [0.1, 0.15) is 24.0 Å². The second-order valence-electron chi connectivity index (χ2n) is 19.3. The van der Waals surface area contributed by atoms with Gasteiger partial charge in [-0.1, -0.05) is 35.6 Å². The zero-order valence-corrected chi connectivity index (χ0v) is 41.8. The van der Waals surface area contributed by atoms with Crippen LogP contribution in [-0.4, -0.2) is 119 Å². The topological polar surface area (TPSA) is 191 Å². The van der Waals surface area contributed by atoms with Crippen LogP contribution in [-0.2, 0) is 22.7 Å². The molecule has 2 aliphatic carbocycles. The number of halogens is 5. The molecule has 3 aliphatic rings. The van der Waals surface area contributed by atoms with E-state index in [0.717, 1.165) is 30.3 Å². The standard InChI is InChI=1S/C47H52F5N15O3S2/c1-26(2)66-23-36(47(50,51)52)58-41(66)31-9-7-29(8-10-31)22-63(44-56-25-54-40(59-44)37-38(30-11-12-30)53-24-55-42(37)70-6)15-16-65-27(3)20-64(21-28(65)4)34-17-32(72(68,69)62-46(5)13-14-46)18-35-33(34)19-57-67(35)45-61-60-43(71-45)39(48)49/h7-10,17-19,23-28,30,39,62H,11-16,20-22H2,1-6H3/t27-,28-/m0/s1. The number of fused-ring (bicyclic) bond motifs is 1. The molecule has 2 atom stereocenters. The van der Waals surface area contributed by atoms with E-state index in [4.69, 9.17) is 9.72 Å². The van der Waals surface area contributed by atoms with Gasteiger partial charge in [0.05, 0.1) is 29.4 Å². The molecule has 72 heavy (non-hydrogen) atoms. The third-order valence-electron chi connectivity index (χ3n) is 13.4. The van der Waals surface area contributed by atoms with Gasteiger partial charge in [-0.3, -0.25) is 4.90 Å². The Hall–Kier alpha value is -6.31. The van der Waals surface area contributed by atoms with Crippen LogP contribution in [0, 0.1) is 0 Å². The minimum Gasteiger partial charge on any atom is -0.480 e. The number of imidazole rings is 1. The molecule has 380 valence electrons. The Morgan fingerprint density at radius 3 is 2.33 bits per heavy atom. The lowest BCUT2D eigenvalue weighted by molar-refractivity contribution is -0.140. The van der Waals surface area contributed by atoms with Crippen molar-refractivity contribution in [3.05, 3.63) is 83.4 Å². The molecule has 3 fully saturated rings. The molecule has 2 aromatic carbocycles. The summed E-state index contributed by atoms with van der Waals surface area (Å²) in [6.45, 7) is 11.9. The Kier molecular flexibility index (Phi) is 13.0. The van der Waals surface area contributed by atoms with Crippen molar-refractivity contribution in [1.29, 1.82) is 0 Å². The zero-order valence-electron chi connectivity index (χ0n) is 40.2. The minimum atomic E-state index is -4.60. The molecule has 7 aromatic rings. The van der Waals surface area contributed by atoms with Gasteiger partial charge >= 0.3 is 6.18 Å². The summed E-state index contributed by atoms with van der Waals surface area (Å²) >= 11 is 0.681. The summed E-state index contributed by atoms with van der Waals surface area (Å²) in [5.74, 6) is 1.52. The fourth-order valence-corrected chi connectivity index (χ4v) is 11.5. The fourth-order valence-electron chi connectivity index (χ4n) is 9.30. The SMILES string of the molecule is COc1ncnc(C2CC2)c1-c1ncnc(N(CCN2[C@@H](C)CN(c3cc(S(=O)(=O)NC4(C)CC4)cc4c3cnn4-c3nnc(C(F)F)s3)C[C@@H]2C)Cc2ccc(-c3nc(C(F)(F)F)cn3C(C)C)cc2)n1. The van der Waals surface area contributed by atoms with E-state index in [9.17, 15) is 30.4 Å². The number of sulfonamides is 1. The molecule has 0 radical (unpaired) electrons. The molecule has 18 nitrogen and oxygen atoms in total. The third kappa shape index (κ3) is 9.94. The number of rotatable bonds is 17. The molecule has 25 heteroatoms. The van der Waals surface area contributed by atoms with E-state index in [1.165, 1.54) is 35.1 Å². The van der Waals surface area contributed by atoms with E-state index in [1.54, 1.807) is 38.2 Å². The maximum atomic E-state index is 14.0. The molecule has 5 aromatic heterocycles. The van der Waals surface area contributed by atoms with Gasteiger partial charge in [-0.05, 0) is 78.0 Å². The van der Waals surface area contributed by atoms with Gasteiger partial charge in [0, 0.05) is 85.1 Å². The van der Waals surface area contributed by atoms with Crippen LogP contribution in [0.2, 0.25) is 0 Å². The van der Waals surface area contributed by atoms with Crippen molar-refractivity contribution in [3.63, 3.8) is 0 Å².